The third-order valence-corrected chi connectivity index (χ3v) is 5.94. The number of rotatable bonds is 6. The summed E-state index contributed by atoms with van der Waals surface area (Å²) in [6, 6.07) is 5.75. The molecule has 0 saturated heterocycles. The Morgan fingerprint density at radius 1 is 0.800 bits per heavy atom. The van der Waals surface area contributed by atoms with Gasteiger partial charge in [0.1, 0.15) is 11.6 Å². The summed E-state index contributed by atoms with van der Waals surface area (Å²) in [6.45, 7) is 3.78. The minimum absolute atomic E-state index is 0.153. The summed E-state index contributed by atoms with van der Waals surface area (Å²) in [6.07, 6.45) is 10.6. The second-order valence-electron chi connectivity index (χ2n) is 8.10. The van der Waals surface area contributed by atoms with E-state index in [1.54, 1.807) is 0 Å². The SMILES string of the molecule is C=CCC[C@H]1CC[C@H](CCc2cc(F)c(C#Cc3ccc(F)c(F)c3)c(F)c2)CC1. The number of aryl methyl sites for hydroxylation is 1. The summed E-state index contributed by atoms with van der Waals surface area (Å²) in [5, 5.41) is 0. The van der Waals surface area contributed by atoms with E-state index >= 15 is 0 Å². The van der Waals surface area contributed by atoms with Crippen molar-refractivity contribution in [1.29, 1.82) is 0 Å². The molecule has 2 aromatic carbocycles. The van der Waals surface area contributed by atoms with Gasteiger partial charge in [-0.2, -0.15) is 0 Å². The summed E-state index contributed by atoms with van der Waals surface area (Å²) in [4.78, 5) is 0. The van der Waals surface area contributed by atoms with Gasteiger partial charge < -0.3 is 0 Å². The lowest BCUT2D eigenvalue weighted by Crippen LogP contribution is -2.15. The van der Waals surface area contributed by atoms with Crippen LogP contribution >= 0.6 is 0 Å². The maximum absolute atomic E-state index is 14.4. The standard InChI is InChI=1S/C26H26F4/c1-2-3-4-18-5-7-19(8-6-18)9-10-21-16-24(28)22(25(29)17-21)13-11-20-12-14-23(27)26(30)15-20/h2,12,14-19H,1,3-10H2/t18-,19-. The Morgan fingerprint density at radius 3 is 2.03 bits per heavy atom. The minimum Gasteiger partial charge on any atom is -0.206 e. The van der Waals surface area contributed by atoms with Gasteiger partial charge in [-0.1, -0.05) is 43.6 Å². The van der Waals surface area contributed by atoms with E-state index in [0.29, 0.717) is 17.9 Å². The first-order valence-electron chi connectivity index (χ1n) is 10.5. The summed E-state index contributed by atoms with van der Waals surface area (Å²) in [7, 11) is 0. The molecule has 0 bridgehead atoms. The number of hydrogen-bond donors (Lipinski definition) is 0. The zero-order valence-corrected chi connectivity index (χ0v) is 17.0. The van der Waals surface area contributed by atoms with Gasteiger partial charge in [-0.25, -0.2) is 17.6 Å². The van der Waals surface area contributed by atoms with Crippen LogP contribution in [0.15, 0.2) is 43.0 Å². The lowest BCUT2D eigenvalue weighted by Gasteiger charge is -2.28. The van der Waals surface area contributed by atoms with Crippen LogP contribution in [-0.2, 0) is 6.42 Å². The van der Waals surface area contributed by atoms with Crippen molar-refractivity contribution in [3.05, 3.63) is 82.9 Å². The molecular weight excluding hydrogens is 388 g/mol. The summed E-state index contributed by atoms with van der Waals surface area (Å²) >= 11 is 0. The molecule has 1 saturated carbocycles. The number of allylic oxidation sites excluding steroid dienone is 1. The lowest BCUT2D eigenvalue weighted by atomic mass is 9.78. The average Bonchev–Trinajstić information content (AvgIpc) is 2.73. The van der Waals surface area contributed by atoms with Crippen molar-refractivity contribution in [3.8, 4) is 11.8 Å². The van der Waals surface area contributed by atoms with Crippen molar-refractivity contribution in [2.75, 3.05) is 0 Å². The van der Waals surface area contributed by atoms with Crippen LogP contribution in [0.2, 0.25) is 0 Å². The topological polar surface area (TPSA) is 0 Å². The van der Waals surface area contributed by atoms with Gasteiger partial charge in [-0.05, 0) is 73.4 Å². The van der Waals surface area contributed by atoms with E-state index < -0.39 is 23.3 Å². The molecule has 4 heteroatoms. The quantitative estimate of drug-likeness (QED) is 0.263. The number of hydrogen-bond acceptors (Lipinski definition) is 0. The molecule has 0 amide bonds. The largest absolute Gasteiger partial charge is 0.206 e. The van der Waals surface area contributed by atoms with Crippen molar-refractivity contribution < 1.29 is 17.6 Å². The van der Waals surface area contributed by atoms with E-state index in [0.717, 1.165) is 30.9 Å². The maximum Gasteiger partial charge on any atom is 0.160 e. The molecule has 1 aliphatic rings. The van der Waals surface area contributed by atoms with Crippen LogP contribution in [-0.4, -0.2) is 0 Å². The Balaban J connectivity index is 1.59. The Bertz CT molecular complexity index is 920. The molecule has 0 radical (unpaired) electrons. The number of halogens is 4. The second kappa shape index (κ2) is 10.5. The van der Waals surface area contributed by atoms with Gasteiger partial charge in [0.15, 0.2) is 11.6 Å². The Hall–Kier alpha value is -2.54. The van der Waals surface area contributed by atoms with Crippen LogP contribution in [0.25, 0.3) is 0 Å². The smallest absolute Gasteiger partial charge is 0.160 e. The van der Waals surface area contributed by atoms with Crippen molar-refractivity contribution >= 4 is 0 Å². The van der Waals surface area contributed by atoms with Crippen LogP contribution < -0.4 is 0 Å². The highest BCUT2D eigenvalue weighted by Gasteiger charge is 2.21. The van der Waals surface area contributed by atoms with Gasteiger partial charge in [-0.15, -0.1) is 6.58 Å². The van der Waals surface area contributed by atoms with Crippen LogP contribution in [0, 0.1) is 46.9 Å². The zero-order chi connectivity index (χ0) is 21.5. The van der Waals surface area contributed by atoms with Crippen molar-refractivity contribution in [2.45, 2.75) is 51.4 Å². The van der Waals surface area contributed by atoms with Crippen LogP contribution in [0.1, 0.15) is 61.6 Å². The molecule has 0 N–H and O–H groups in total. The monoisotopic (exact) mass is 414 g/mol. The summed E-state index contributed by atoms with van der Waals surface area (Å²) in [5.41, 5.74) is 0.420. The fourth-order valence-electron chi connectivity index (χ4n) is 4.13. The molecule has 1 aliphatic carbocycles. The molecule has 0 spiro atoms. The first kappa shape index (κ1) is 22.2. The molecule has 2 aromatic rings. The summed E-state index contributed by atoms with van der Waals surface area (Å²) in [5.74, 6) is 2.77. The first-order chi connectivity index (χ1) is 14.5. The zero-order valence-electron chi connectivity index (χ0n) is 17.0. The Kier molecular flexibility index (Phi) is 7.74. The molecule has 0 atom stereocenters. The van der Waals surface area contributed by atoms with Gasteiger partial charge >= 0.3 is 0 Å². The van der Waals surface area contributed by atoms with Gasteiger partial charge in [0.2, 0.25) is 0 Å². The number of benzene rings is 2. The van der Waals surface area contributed by atoms with Gasteiger partial charge in [0, 0.05) is 5.56 Å². The van der Waals surface area contributed by atoms with E-state index in [4.69, 9.17) is 0 Å². The van der Waals surface area contributed by atoms with Gasteiger partial charge in [0.25, 0.3) is 0 Å². The lowest BCUT2D eigenvalue weighted by molar-refractivity contribution is 0.254. The highest BCUT2D eigenvalue weighted by Crippen LogP contribution is 2.34. The predicted molar refractivity (Wildman–Crippen MR) is 112 cm³/mol. The molecule has 0 aliphatic heterocycles. The van der Waals surface area contributed by atoms with E-state index in [9.17, 15) is 17.6 Å². The fraction of sp³-hybridized carbons (Fsp3) is 0.385. The molecule has 0 nitrogen and oxygen atoms in total. The fourth-order valence-corrected chi connectivity index (χ4v) is 4.13. The molecule has 158 valence electrons. The average molecular weight is 414 g/mol. The highest BCUT2D eigenvalue weighted by atomic mass is 19.2. The molecule has 1 fully saturated rings. The van der Waals surface area contributed by atoms with Gasteiger partial charge in [0.05, 0.1) is 5.56 Å². The van der Waals surface area contributed by atoms with Crippen molar-refractivity contribution in [2.24, 2.45) is 11.8 Å². The molecule has 0 unspecified atom stereocenters. The molecular formula is C26H26F4. The maximum atomic E-state index is 14.4. The molecule has 0 aromatic heterocycles. The normalized spacial score (nSPS) is 18.5. The molecule has 3 rings (SSSR count). The molecule has 30 heavy (non-hydrogen) atoms. The van der Waals surface area contributed by atoms with Gasteiger partial charge in [-0.3, -0.25) is 0 Å². The van der Waals surface area contributed by atoms with Crippen LogP contribution in [0.5, 0.6) is 0 Å². The summed E-state index contributed by atoms with van der Waals surface area (Å²) < 4.78 is 55.0. The minimum atomic E-state index is -1.05. The van der Waals surface area contributed by atoms with E-state index in [-0.39, 0.29) is 11.1 Å². The van der Waals surface area contributed by atoms with E-state index in [1.807, 2.05) is 6.08 Å². The van der Waals surface area contributed by atoms with E-state index in [2.05, 4.69) is 18.4 Å². The molecule has 0 heterocycles. The predicted octanol–water partition coefficient (Wildman–Crippen LogP) is 7.35. The van der Waals surface area contributed by atoms with Crippen molar-refractivity contribution in [3.63, 3.8) is 0 Å². The van der Waals surface area contributed by atoms with Crippen molar-refractivity contribution in [1.82, 2.24) is 0 Å². The third-order valence-electron chi connectivity index (χ3n) is 5.94. The van der Waals surface area contributed by atoms with Crippen LogP contribution in [0.4, 0.5) is 17.6 Å². The second-order valence-corrected chi connectivity index (χ2v) is 8.10. The highest BCUT2D eigenvalue weighted by molar-refractivity contribution is 5.45. The Morgan fingerprint density at radius 2 is 1.43 bits per heavy atom. The van der Waals surface area contributed by atoms with Crippen LogP contribution in [0.3, 0.4) is 0 Å². The Labute approximate surface area is 176 Å². The van der Waals surface area contributed by atoms with E-state index in [1.165, 1.54) is 50.3 Å². The first-order valence-corrected chi connectivity index (χ1v) is 10.5. The third kappa shape index (κ3) is 5.98.